The summed E-state index contributed by atoms with van der Waals surface area (Å²) in [7, 11) is 1.76. The van der Waals surface area contributed by atoms with Crippen molar-refractivity contribution in [2.75, 3.05) is 13.6 Å². The minimum absolute atomic E-state index is 0.156. The molecule has 3 nitrogen and oxygen atoms in total. The monoisotopic (exact) mass is 227 g/mol. The van der Waals surface area contributed by atoms with E-state index in [-0.39, 0.29) is 5.56 Å². The molecule has 0 spiro atoms. The van der Waals surface area contributed by atoms with Gasteiger partial charge >= 0.3 is 0 Å². The summed E-state index contributed by atoms with van der Waals surface area (Å²) in [4.78, 5) is 0. The molecule has 1 aromatic rings. The second-order valence-electron chi connectivity index (χ2n) is 3.88. The van der Waals surface area contributed by atoms with Gasteiger partial charge in [-0.25, -0.2) is 4.39 Å². The van der Waals surface area contributed by atoms with Crippen LogP contribution in [0.4, 0.5) is 4.39 Å². The molecule has 0 bridgehead atoms. The van der Waals surface area contributed by atoms with Crippen LogP contribution in [-0.4, -0.2) is 29.9 Å². The molecule has 3 N–H and O–H groups in total. The SMILES string of the molecule is CNCCC(O)C(O)c1cccc(C)c1F. The van der Waals surface area contributed by atoms with Crippen LogP contribution in [-0.2, 0) is 0 Å². The number of rotatable bonds is 5. The zero-order valence-electron chi connectivity index (χ0n) is 9.57. The predicted octanol–water partition coefficient (Wildman–Crippen LogP) is 1.14. The largest absolute Gasteiger partial charge is 0.390 e. The van der Waals surface area contributed by atoms with E-state index in [9.17, 15) is 14.6 Å². The number of hydrogen-bond acceptors (Lipinski definition) is 3. The van der Waals surface area contributed by atoms with E-state index in [1.807, 2.05) is 0 Å². The Labute approximate surface area is 94.9 Å². The molecule has 4 heteroatoms. The summed E-state index contributed by atoms with van der Waals surface area (Å²) in [5.74, 6) is -0.446. The highest BCUT2D eigenvalue weighted by molar-refractivity contribution is 5.27. The van der Waals surface area contributed by atoms with Crippen molar-refractivity contribution in [3.63, 3.8) is 0 Å². The van der Waals surface area contributed by atoms with Gasteiger partial charge in [0, 0.05) is 5.56 Å². The molecule has 2 atom stereocenters. The van der Waals surface area contributed by atoms with Gasteiger partial charge in [-0.2, -0.15) is 0 Å². The summed E-state index contributed by atoms with van der Waals surface area (Å²) in [6.07, 6.45) is -1.75. The first-order valence-electron chi connectivity index (χ1n) is 5.33. The Balaban J connectivity index is 2.79. The van der Waals surface area contributed by atoms with Crippen LogP contribution in [0.15, 0.2) is 18.2 Å². The molecule has 0 fully saturated rings. The van der Waals surface area contributed by atoms with Gasteiger partial charge in [-0.1, -0.05) is 18.2 Å². The number of nitrogens with one attached hydrogen (secondary N) is 1. The van der Waals surface area contributed by atoms with Crippen LogP contribution in [0.2, 0.25) is 0 Å². The molecule has 0 radical (unpaired) electrons. The maximum absolute atomic E-state index is 13.6. The number of aliphatic hydroxyl groups excluding tert-OH is 2. The van der Waals surface area contributed by atoms with Gasteiger partial charge in [0.25, 0.3) is 0 Å². The molecule has 0 saturated carbocycles. The van der Waals surface area contributed by atoms with Crippen LogP contribution in [0.5, 0.6) is 0 Å². The van der Waals surface area contributed by atoms with Crippen LogP contribution >= 0.6 is 0 Å². The van der Waals surface area contributed by atoms with Gasteiger partial charge in [-0.15, -0.1) is 0 Å². The molecule has 0 aliphatic rings. The summed E-state index contributed by atoms with van der Waals surface area (Å²) in [5.41, 5.74) is 0.626. The molecule has 0 aromatic heterocycles. The van der Waals surface area contributed by atoms with Gasteiger partial charge in [0.05, 0.1) is 6.10 Å². The summed E-state index contributed by atoms with van der Waals surface area (Å²) in [5, 5.41) is 22.3. The van der Waals surface area contributed by atoms with Crippen molar-refractivity contribution in [1.82, 2.24) is 5.32 Å². The van der Waals surface area contributed by atoms with Crippen LogP contribution in [0.3, 0.4) is 0 Å². The first-order valence-corrected chi connectivity index (χ1v) is 5.33. The number of hydrogen-bond donors (Lipinski definition) is 3. The minimum atomic E-state index is -1.17. The Kier molecular flexibility index (Phi) is 4.86. The lowest BCUT2D eigenvalue weighted by Crippen LogP contribution is -2.24. The molecule has 90 valence electrons. The van der Waals surface area contributed by atoms with Gasteiger partial charge in [0.1, 0.15) is 11.9 Å². The summed E-state index contributed by atoms with van der Waals surface area (Å²) in [6.45, 7) is 2.21. The fourth-order valence-electron chi connectivity index (χ4n) is 1.56. The van der Waals surface area contributed by atoms with Crippen molar-refractivity contribution in [3.05, 3.63) is 35.1 Å². The van der Waals surface area contributed by atoms with Crippen molar-refractivity contribution in [2.24, 2.45) is 0 Å². The average molecular weight is 227 g/mol. The topological polar surface area (TPSA) is 52.5 Å². The third-order valence-corrected chi connectivity index (χ3v) is 2.59. The van der Waals surface area contributed by atoms with E-state index in [1.165, 1.54) is 6.07 Å². The van der Waals surface area contributed by atoms with E-state index in [4.69, 9.17) is 0 Å². The summed E-state index contributed by atoms with van der Waals surface area (Å²) in [6, 6.07) is 4.79. The van der Waals surface area contributed by atoms with Crippen LogP contribution in [0.25, 0.3) is 0 Å². The molecular formula is C12H18FNO2. The number of aryl methyl sites for hydroxylation is 1. The Morgan fingerprint density at radius 2 is 2.06 bits per heavy atom. The minimum Gasteiger partial charge on any atom is -0.390 e. The fourth-order valence-corrected chi connectivity index (χ4v) is 1.56. The van der Waals surface area contributed by atoms with Crippen LogP contribution in [0.1, 0.15) is 23.7 Å². The van der Waals surface area contributed by atoms with Gasteiger partial charge in [-0.05, 0) is 32.5 Å². The van der Waals surface area contributed by atoms with Gasteiger partial charge in [0.15, 0.2) is 0 Å². The standard InChI is InChI=1S/C12H18FNO2/c1-8-4-3-5-9(11(8)13)12(16)10(15)6-7-14-2/h3-5,10,12,14-16H,6-7H2,1-2H3. The first-order chi connectivity index (χ1) is 7.57. The predicted molar refractivity (Wildman–Crippen MR) is 60.6 cm³/mol. The maximum atomic E-state index is 13.6. The second-order valence-corrected chi connectivity index (χ2v) is 3.88. The van der Waals surface area contributed by atoms with Crippen molar-refractivity contribution in [2.45, 2.75) is 25.6 Å². The van der Waals surface area contributed by atoms with Gasteiger partial charge in [0.2, 0.25) is 0 Å². The highest BCUT2D eigenvalue weighted by Gasteiger charge is 2.21. The van der Waals surface area contributed by atoms with Gasteiger partial charge < -0.3 is 15.5 Å². The molecule has 16 heavy (non-hydrogen) atoms. The smallest absolute Gasteiger partial charge is 0.132 e. The average Bonchev–Trinajstić information content (AvgIpc) is 2.28. The van der Waals surface area contributed by atoms with E-state index in [0.717, 1.165) is 0 Å². The molecule has 0 saturated heterocycles. The lowest BCUT2D eigenvalue weighted by Gasteiger charge is -2.19. The highest BCUT2D eigenvalue weighted by atomic mass is 19.1. The lowest BCUT2D eigenvalue weighted by atomic mass is 9.99. The Morgan fingerprint density at radius 3 is 2.69 bits per heavy atom. The molecule has 0 heterocycles. The third-order valence-electron chi connectivity index (χ3n) is 2.59. The zero-order chi connectivity index (χ0) is 12.1. The van der Waals surface area contributed by atoms with E-state index in [2.05, 4.69) is 5.32 Å². The molecule has 0 aliphatic carbocycles. The molecule has 1 aromatic carbocycles. The van der Waals surface area contributed by atoms with Crippen molar-refractivity contribution < 1.29 is 14.6 Å². The Hall–Kier alpha value is -0.970. The van der Waals surface area contributed by atoms with Gasteiger partial charge in [-0.3, -0.25) is 0 Å². The number of benzene rings is 1. The zero-order valence-corrected chi connectivity index (χ0v) is 9.57. The Bertz CT molecular complexity index is 344. The number of aliphatic hydroxyl groups is 2. The van der Waals surface area contributed by atoms with Crippen molar-refractivity contribution in [3.8, 4) is 0 Å². The third kappa shape index (κ3) is 3.01. The summed E-state index contributed by atoms with van der Waals surface area (Å²) < 4.78 is 13.6. The van der Waals surface area contributed by atoms with Crippen molar-refractivity contribution in [1.29, 1.82) is 0 Å². The lowest BCUT2D eigenvalue weighted by molar-refractivity contribution is 0.0119. The van der Waals surface area contributed by atoms with Crippen LogP contribution < -0.4 is 5.32 Å². The normalized spacial score (nSPS) is 14.8. The van der Waals surface area contributed by atoms with Crippen molar-refractivity contribution >= 4 is 0 Å². The highest BCUT2D eigenvalue weighted by Crippen LogP contribution is 2.23. The van der Waals surface area contributed by atoms with Crippen LogP contribution in [0, 0.1) is 12.7 Å². The van der Waals surface area contributed by atoms with E-state index >= 15 is 0 Å². The molecule has 0 amide bonds. The van der Waals surface area contributed by atoms with E-state index < -0.39 is 18.0 Å². The second kappa shape index (κ2) is 5.94. The number of halogens is 1. The Morgan fingerprint density at radius 1 is 1.38 bits per heavy atom. The molecule has 1 rings (SSSR count). The molecular weight excluding hydrogens is 209 g/mol. The molecule has 2 unspecified atom stereocenters. The van der Waals surface area contributed by atoms with E-state index in [0.29, 0.717) is 18.5 Å². The maximum Gasteiger partial charge on any atom is 0.132 e. The quantitative estimate of drug-likeness (QED) is 0.707. The summed E-state index contributed by atoms with van der Waals surface area (Å²) >= 11 is 0. The first kappa shape index (κ1) is 13.1. The molecule has 0 aliphatic heterocycles. The van der Waals surface area contributed by atoms with E-state index in [1.54, 1.807) is 26.1 Å². The fraction of sp³-hybridized carbons (Fsp3) is 0.500.